The van der Waals surface area contributed by atoms with Crippen molar-refractivity contribution < 1.29 is 17.9 Å². The van der Waals surface area contributed by atoms with E-state index in [1.54, 1.807) is 33.0 Å². The van der Waals surface area contributed by atoms with E-state index >= 15 is 0 Å². The smallest absolute Gasteiger partial charge is 0.241 e. The molecule has 1 amide bonds. The molecule has 3 N–H and O–H groups in total. The molecule has 26 heavy (non-hydrogen) atoms. The van der Waals surface area contributed by atoms with E-state index in [9.17, 15) is 13.2 Å². The van der Waals surface area contributed by atoms with E-state index in [4.69, 9.17) is 10.5 Å². The fourth-order valence-electron chi connectivity index (χ4n) is 2.48. The maximum absolute atomic E-state index is 12.8. The van der Waals surface area contributed by atoms with E-state index in [1.807, 2.05) is 13.8 Å². The number of carbonyl (C=O) groups is 1. The van der Waals surface area contributed by atoms with Crippen molar-refractivity contribution in [2.45, 2.75) is 38.6 Å². The van der Waals surface area contributed by atoms with E-state index in [2.05, 4.69) is 4.72 Å². The van der Waals surface area contributed by atoms with Crippen molar-refractivity contribution in [3.8, 4) is 5.75 Å². The van der Waals surface area contributed by atoms with Crippen LogP contribution >= 0.6 is 0 Å². The van der Waals surface area contributed by atoms with E-state index in [1.165, 1.54) is 24.1 Å². The van der Waals surface area contributed by atoms with Gasteiger partial charge in [-0.2, -0.15) is 4.72 Å². The number of ether oxygens (including phenoxy) is 1. The number of nitrogens with two attached hydrogens (primary N) is 1. The Morgan fingerprint density at radius 1 is 1.27 bits per heavy atom. The molecule has 0 fully saturated rings. The average molecular weight is 386 g/mol. The Morgan fingerprint density at radius 2 is 1.81 bits per heavy atom. The van der Waals surface area contributed by atoms with Crippen LogP contribution < -0.4 is 15.2 Å². The topological polar surface area (TPSA) is 102 Å². The third kappa shape index (κ3) is 5.96. The highest BCUT2D eigenvalue weighted by Crippen LogP contribution is 2.19. The number of methoxy groups -OCH3 is 1. The van der Waals surface area contributed by atoms with Crippen molar-refractivity contribution in [3.63, 3.8) is 0 Å². The summed E-state index contributed by atoms with van der Waals surface area (Å²) in [6.45, 7) is 8.40. The first-order chi connectivity index (χ1) is 11.9. The van der Waals surface area contributed by atoms with Gasteiger partial charge < -0.3 is 15.4 Å². The Morgan fingerprint density at radius 3 is 2.23 bits per heavy atom. The Bertz CT molecular complexity index is 700. The molecule has 0 bridgehead atoms. The van der Waals surface area contributed by atoms with Crippen molar-refractivity contribution in [2.24, 2.45) is 17.1 Å². The lowest BCUT2D eigenvalue weighted by Gasteiger charge is -2.32. The number of hydrogen-bond donors (Lipinski definition) is 2. The molecule has 0 heterocycles. The molecule has 1 unspecified atom stereocenters. The SMILES string of the molecule is COc1ccc(S(=O)(=O)NC(C(=O)N(C)CC(C)(C)CN)C(C)C)cc1. The van der Waals surface area contributed by atoms with Gasteiger partial charge in [0.25, 0.3) is 0 Å². The minimum Gasteiger partial charge on any atom is -0.497 e. The minimum atomic E-state index is -3.84. The summed E-state index contributed by atoms with van der Waals surface area (Å²) >= 11 is 0. The number of nitrogens with one attached hydrogen (secondary N) is 1. The monoisotopic (exact) mass is 385 g/mol. The van der Waals surface area contributed by atoms with E-state index < -0.39 is 16.1 Å². The summed E-state index contributed by atoms with van der Waals surface area (Å²) in [6, 6.07) is 5.17. The van der Waals surface area contributed by atoms with Gasteiger partial charge in [-0.3, -0.25) is 4.79 Å². The zero-order valence-corrected chi connectivity index (χ0v) is 17.3. The largest absolute Gasteiger partial charge is 0.497 e. The molecule has 0 saturated carbocycles. The van der Waals surface area contributed by atoms with Crippen LogP contribution in [0.5, 0.6) is 5.75 Å². The van der Waals surface area contributed by atoms with Crippen LogP contribution in [0.25, 0.3) is 0 Å². The molecule has 0 spiro atoms. The second-order valence-electron chi connectivity index (χ2n) is 7.58. The number of likely N-dealkylation sites (N-methyl/N-ethyl adjacent to an activating group) is 1. The van der Waals surface area contributed by atoms with Crippen LogP contribution in [0.3, 0.4) is 0 Å². The second-order valence-corrected chi connectivity index (χ2v) is 9.30. The third-order valence-corrected chi connectivity index (χ3v) is 5.64. The van der Waals surface area contributed by atoms with Gasteiger partial charge in [0.05, 0.1) is 12.0 Å². The van der Waals surface area contributed by atoms with Gasteiger partial charge >= 0.3 is 0 Å². The number of hydrogen-bond acceptors (Lipinski definition) is 5. The molecule has 0 aliphatic carbocycles. The van der Waals surface area contributed by atoms with Crippen LogP contribution in [0.15, 0.2) is 29.2 Å². The third-order valence-electron chi connectivity index (χ3n) is 4.18. The van der Waals surface area contributed by atoms with Gasteiger partial charge in [-0.25, -0.2) is 8.42 Å². The Hall–Kier alpha value is -1.64. The lowest BCUT2D eigenvalue weighted by atomic mass is 9.92. The molecule has 8 heteroatoms. The maximum atomic E-state index is 12.8. The standard InChI is InChI=1S/C18H31N3O4S/c1-13(2)16(17(22)21(5)12-18(3,4)11-19)20-26(23,24)15-9-7-14(25-6)8-10-15/h7-10,13,16,20H,11-12,19H2,1-6H3. The molecule has 0 aromatic heterocycles. The quantitative estimate of drug-likeness (QED) is 0.670. The highest BCUT2D eigenvalue weighted by molar-refractivity contribution is 7.89. The van der Waals surface area contributed by atoms with Crippen LogP contribution in [0.4, 0.5) is 0 Å². The number of rotatable bonds is 9. The second kappa shape index (κ2) is 8.83. The number of nitrogens with zero attached hydrogens (tertiary/aromatic N) is 1. The molecule has 0 aliphatic rings. The molecule has 1 rings (SSSR count). The zero-order valence-electron chi connectivity index (χ0n) is 16.4. The maximum Gasteiger partial charge on any atom is 0.241 e. The summed E-state index contributed by atoms with van der Waals surface area (Å²) in [5.74, 6) is 0.0711. The fraction of sp³-hybridized carbons (Fsp3) is 0.611. The van der Waals surface area contributed by atoms with Gasteiger partial charge in [0.1, 0.15) is 11.8 Å². The van der Waals surface area contributed by atoms with Crippen molar-refractivity contribution in [2.75, 3.05) is 27.2 Å². The van der Waals surface area contributed by atoms with Crippen LogP contribution in [-0.2, 0) is 14.8 Å². The summed E-state index contributed by atoms with van der Waals surface area (Å²) in [6.07, 6.45) is 0. The first-order valence-corrected chi connectivity index (χ1v) is 10.0. The van der Waals surface area contributed by atoms with Crippen LogP contribution in [0.1, 0.15) is 27.7 Å². The molecule has 7 nitrogen and oxygen atoms in total. The average Bonchev–Trinajstić information content (AvgIpc) is 2.58. The van der Waals surface area contributed by atoms with Crippen molar-refractivity contribution in [1.82, 2.24) is 9.62 Å². The number of sulfonamides is 1. The van der Waals surface area contributed by atoms with Crippen LogP contribution in [0.2, 0.25) is 0 Å². The predicted molar refractivity (Wildman–Crippen MR) is 102 cm³/mol. The van der Waals surface area contributed by atoms with E-state index in [-0.39, 0.29) is 22.1 Å². The molecule has 0 radical (unpaired) electrons. The van der Waals surface area contributed by atoms with Crippen LogP contribution in [0, 0.1) is 11.3 Å². The Balaban J connectivity index is 3.00. The van der Waals surface area contributed by atoms with Gasteiger partial charge in [-0.1, -0.05) is 27.7 Å². The highest BCUT2D eigenvalue weighted by atomic mass is 32.2. The normalized spacial score (nSPS) is 13.5. The summed E-state index contributed by atoms with van der Waals surface area (Å²) in [4.78, 5) is 14.4. The molecule has 0 saturated heterocycles. The molecule has 0 aliphatic heterocycles. The first-order valence-electron chi connectivity index (χ1n) is 8.55. The molecule has 148 valence electrons. The Labute approximate surface area is 156 Å². The van der Waals surface area contributed by atoms with Gasteiger partial charge in [0.15, 0.2) is 0 Å². The van der Waals surface area contributed by atoms with Crippen LogP contribution in [-0.4, -0.2) is 52.5 Å². The fourth-order valence-corrected chi connectivity index (χ4v) is 3.82. The first kappa shape index (κ1) is 22.4. The lowest BCUT2D eigenvalue weighted by Crippen LogP contribution is -2.52. The molecule has 1 aromatic carbocycles. The van der Waals surface area contributed by atoms with Gasteiger partial charge in [0.2, 0.25) is 15.9 Å². The summed E-state index contributed by atoms with van der Waals surface area (Å²) in [5, 5.41) is 0. The molecule has 1 atom stereocenters. The van der Waals surface area contributed by atoms with Gasteiger partial charge in [0, 0.05) is 13.6 Å². The molecular weight excluding hydrogens is 354 g/mol. The van der Waals surface area contributed by atoms with Crippen molar-refractivity contribution in [1.29, 1.82) is 0 Å². The highest BCUT2D eigenvalue weighted by Gasteiger charge is 2.32. The van der Waals surface area contributed by atoms with Gasteiger partial charge in [-0.15, -0.1) is 0 Å². The lowest BCUT2D eigenvalue weighted by molar-refractivity contribution is -0.133. The Kier molecular flexibility index (Phi) is 7.61. The number of benzene rings is 1. The van der Waals surface area contributed by atoms with Gasteiger partial charge in [-0.05, 0) is 42.1 Å². The molecule has 1 aromatic rings. The zero-order chi connectivity index (χ0) is 20.1. The summed E-state index contributed by atoms with van der Waals surface area (Å²) < 4.78 is 32.9. The van der Waals surface area contributed by atoms with Crippen molar-refractivity contribution >= 4 is 15.9 Å². The summed E-state index contributed by atoms with van der Waals surface area (Å²) in [7, 11) is -0.664. The van der Waals surface area contributed by atoms with E-state index in [0.29, 0.717) is 18.8 Å². The minimum absolute atomic E-state index is 0.0849. The number of carbonyl (C=O) groups excluding carboxylic acids is 1. The van der Waals surface area contributed by atoms with E-state index in [0.717, 1.165) is 0 Å². The number of amides is 1. The molecular formula is C18H31N3O4S. The predicted octanol–water partition coefficient (Wildman–Crippen LogP) is 1.44. The van der Waals surface area contributed by atoms with Crippen molar-refractivity contribution in [3.05, 3.63) is 24.3 Å². The summed E-state index contributed by atoms with van der Waals surface area (Å²) in [5.41, 5.74) is 5.48.